The molecule has 1 fully saturated rings. The highest BCUT2D eigenvalue weighted by Crippen LogP contribution is 2.33. The second kappa shape index (κ2) is 5.75. The summed E-state index contributed by atoms with van der Waals surface area (Å²) < 4.78 is 0. The third kappa shape index (κ3) is 2.98. The molecule has 1 nitrogen and oxygen atoms in total. The highest BCUT2D eigenvalue weighted by molar-refractivity contribution is 4.82. The molecule has 0 radical (unpaired) electrons. The first-order chi connectivity index (χ1) is 6.69. The first-order valence-electron chi connectivity index (χ1n) is 6.44. The average Bonchev–Trinajstić information content (AvgIpc) is 2.27. The largest absolute Gasteiger partial charge is 0.327 e. The van der Waals surface area contributed by atoms with Crippen molar-refractivity contribution < 1.29 is 0 Å². The molecule has 0 saturated heterocycles. The van der Waals surface area contributed by atoms with Crippen LogP contribution in [0, 0.1) is 17.8 Å². The first-order valence-corrected chi connectivity index (χ1v) is 6.44. The van der Waals surface area contributed by atoms with Crippen LogP contribution < -0.4 is 5.73 Å². The standard InChI is InChI=1S/C13H27N/c1-4-10(3)13(14)12-8-6-11(5-2)7-9-12/h10-13H,4-9,14H2,1-3H3. The van der Waals surface area contributed by atoms with E-state index in [0.29, 0.717) is 12.0 Å². The molecule has 2 N–H and O–H groups in total. The lowest BCUT2D eigenvalue weighted by molar-refractivity contribution is 0.206. The van der Waals surface area contributed by atoms with E-state index in [9.17, 15) is 0 Å². The van der Waals surface area contributed by atoms with E-state index >= 15 is 0 Å². The molecule has 1 rings (SSSR count). The van der Waals surface area contributed by atoms with Gasteiger partial charge in [0.1, 0.15) is 0 Å². The molecular formula is C13H27N. The van der Waals surface area contributed by atoms with Gasteiger partial charge in [0.05, 0.1) is 0 Å². The molecule has 0 aliphatic heterocycles. The molecule has 0 aromatic rings. The Labute approximate surface area is 89.5 Å². The van der Waals surface area contributed by atoms with Crippen molar-refractivity contribution in [3.63, 3.8) is 0 Å². The van der Waals surface area contributed by atoms with Crippen molar-refractivity contribution >= 4 is 0 Å². The number of hydrogen-bond acceptors (Lipinski definition) is 1. The summed E-state index contributed by atoms with van der Waals surface area (Å²) in [4.78, 5) is 0. The van der Waals surface area contributed by atoms with Crippen LogP contribution in [0.1, 0.15) is 59.3 Å². The third-order valence-electron chi connectivity index (χ3n) is 4.31. The highest BCUT2D eigenvalue weighted by atomic mass is 14.7. The number of rotatable bonds is 4. The van der Waals surface area contributed by atoms with Gasteiger partial charge in [0.25, 0.3) is 0 Å². The van der Waals surface area contributed by atoms with Crippen LogP contribution in [0.15, 0.2) is 0 Å². The van der Waals surface area contributed by atoms with Crippen molar-refractivity contribution in [1.82, 2.24) is 0 Å². The molecule has 1 saturated carbocycles. The van der Waals surface area contributed by atoms with Crippen molar-refractivity contribution in [2.45, 2.75) is 65.3 Å². The van der Waals surface area contributed by atoms with Crippen molar-refractivity contribution in [3.8, 4) is 0 Å². The summed E-state index contributed by atoms with van der Waals surface area (Å²) in [5, 5.41) is 0. The fourth-order valence-electron chi connectivity index (χ4n) is 2.72. The van der Waals surface area contributed by atoms with Crippen LogP contribution in [0.5, 0.6) is 0 Å². The summed E-state index contributed by atoms with van der Waals surface area (Å²) in [6.07, 6.45) is 8.20. The van der Waals surface area contributed by atoms with Crippen molar-refractivity contribution in [2.75, 3.05) is 0 Å². The number of hydrogen-bond donors (Lipinski definition) is 1. The molecule has 1 aliphatic carbocycles. The van der Waals surface area contributed by atoms with E-state index in [-0.39, 0.29) is 0 Å². The van der Waals surface area contributed by atoms with Gasteiger partial charge >= 0.3 is 0 Å². The van der Waals surface area contributed by atoms with E-state index in [0.717, 1.165) is 11.8 Å². The topological polar surface area (TPSA) is 26.0 Å². The molecule has 0 spiro atoms. The van der Waals surface area contributed by atoms with E-state index in [1.165, 1.54) is 38.5 Å². The Bertz CT molecular complexity index is 147. The first kappa shape index (κ1) is 12.0. The summed E-state index contributed by atoms with van der Waals surface area (Å²) in [6.45, 7) is 6.87. The predicted molar refractivity (Wildman–Crippen MR) is 63.2 cm³/mol. The number of nitrogens with two attached hydrogens (primary N) is 1. The van der Waals surface area contributed by atoms with Gasteiger partial charge in [-0.1, -0.05) is 46.5 Å². The minimum absolute atomic E-state index is 0.456. The quantitative estimate of drug-likeness (QED) is 0.732. The van der Waals surface area contributed by atoms with Crippen molar-refractivity contribution in [3.05, 3.63) is 0 Å². The Morgan fingerprint density at radius 3 is 2.14 bits per heavy atom. The van der Waals surface area contributed by atoms with Gasteiger partial charge in [0.15, 0.2) is 0 Å². The zero-order chi connectivity index (χ0) is 10.6. The third-order valence-corrected chi connectivity index (χ3v) is 4.31. The molecule has 84 valence electrons. The smallest absolute Gasteiger partial charge is 0.00928 e. The summed E-state index contributed by atoms with van der Waals surface area (Å²) in [5.41, 5.74) is 6.29. The van der Waals surface area contributed by atoms with E-state index in [1.807, 2.05) is 0 Å². The van der Waals surface area contributed by atoms with E-state index in [1.54, 1.807) is 0 Å². The van der Waals surface area contributed by atoms with Gasteiger partial charge in [0.2, 0.25) is 0 Å². The van der Waals surface area contributed by atoms with E-state index < -0.39 is 0 Å². The fraction of sp³-hybridized carbons (Fsp3) is 1.00. The molecule has 0 amide bonds. The van der Waals surface area contributed by atoms with Crippen molar-refractivity contribution in [1.29, 1.82) is 0 Å². The van der Waals surface area contributed by atoms with Crippen LogP contribution in [-0.2, 0) is 0 Å². The molecule has 0 aromatic carbocycles. The van der Waals surface area contributed by atoms with Crippen LogP contribution in [-0.4, -0.2) is 6.04 Å². The molecule has 1 aliphatic rings. The predicted octanol–water partition coefficient (Wildman–Crippen LogP) is 3.58. The van der Waals surface area contributed by atoms with E-state index in [2.05, 4.69) is 20.8 Å². The fourth-order valence-corrected chi connectivity index (χ4v) is 2.72. The lowest BCUT2D eigenvalue weighted by Gasteiger charge is -2.34. The van der Waals surface area contributed by atoms with Gasteiger partial charge in [0, 0.05) is 6.04 Å². The van der Waals surface area contributed by atoms with E-state index in [4.69, 9.17) is 5.73 Å². The van der Waals surface area contributed by atoms with Gasteiger partial charge in [-0.2, -0.15) is 0 Å². The molecular weight excluding hydrogens is 170 g/mol. The monoisotopic (exact) mass is 197 g/mol. The summed E-state index contributed by atoms with van der Waals surface area (Å²) >= 11 is 0. The van der Waals surface area contributed by atoms with Gasteiger partial charge in [-0.3, -0.25) is 0 Å². The Kier molecular flexibility index (Phi) is 4.94. The Balaban J connectivity index is 2.33. The second-order valence-corrected chi connectivity index (χ2v) is 5.15. The molecule has 2 atom stereocenters. The maximum absolute atomic E-state index is 6.29. The minimum Gasteiger partial charge on any atom is -0.327 e. The van der Waals surface area contributed by atoms with Gasteiger partial charge < -0.3 is 5.73 Å². The molecule has 0 bridgehead atoms. The second-order valence-electron chi connectivity index (χ2n) is 5.15. The van der Waals surface area contributed by atoms with Crippen molar-refractivity contribution in [2.24, 2.45) is 23.5 Å². The molecule has 0 heterocycles. The van der Waals surface area contributed by atoms with Crippen LogP contribution in [0.3, 0.4) is 0 Å². The van der Waals surface area contributed by atoms with Gasteiger partial charge in [-0.05, 0) is 30.6 Å². The van der Waals surface area contributed by atoms with Crippen LogP contribution in [0.25, 0.3) is 0 Å². The average molecular weight is 197 g/mol. The van der Waals surface area contributed by atoms with Crippen LogP contribution in [0.2, 0.25) is 0 Å². The zero-order valence-electron chi connectivity index (χ0n) is 10.1. The summed E-state index contributed by atoms with van der Waals surface area (Å²) in [5.74, 6) is 2.52. The lowest BCUT2D eigenvalue weighted by Crippen LogP contribution is -2.38. The lowest BCUT2D eigenvalue weighted by atomic mass is 9.74. The molecule has 0 aromatic heterocycles. The summed E-state index contributed by atoms with van der Waals surface area (Å²) in [6, 6.07) is 0.456. The Hall–Kier alpha value is -0.0400. The molecule has 2 unspecified atom stereocenters. The Morgan fingerprint density at radius 2 is 1.71 bits per heavy atom. The molecule has 14 heavy (non-hydrogen) atoms. The SMILES string of the molecule is CCC1CCC(C(N)C(C)CC)CC1. The van der Waals surface area contributed by atoms with Crippen LogP contribution >= 0.6 is 0 Å². The maximum Gasteiger partial charge on any atom is 0.00928 e. The van der Waals surface area contributed by atoms with Gasteiger partial charge in [-0.25, -0.2) is 0 Å². The maximum atomic E-state index is 6.29. The van der Waals surface area contributed by atoms with Gasteiger partial charge in [-0.15, -0.1) is 0 Å². The molecule has 1 heteroatoms. The highest BCUT2D eigenvalue weighted by Gasteiger charge is 2.26. The normalized spacial score (nSPS) is 32.6. The van der Waals surface area contributed by atoms with Crippen LogP contribution in [0.4, 0.5) is 0 Å². The zero-order valence-corrected chi connectivity index (χ0v) is 10.1. The Morgan fingerprint density at radius 1 is 1.14 bits per heavy atom. The summed E-state index contributed by atoms with van der Waals surface area (Å²) in [7, 11) is 0. The minimum atomic E-state index is 0.456.